The molecule has 0 atom stereocenters. The molecule has 0 aliphatic heterocycles. The van der Waals surface area contributed by atoms with Crippen LogP contribution in [-0.2, 0) is 16.1 Å². The van der Waals surface area contributed by atoms with Gasteiger partial charge in [0.2, 0.25) is 0 Å². The third-order valence-corrected chi connectivity index (χ3v) is 4.52. The molecular weight excluding hydrogens is 370 g/mol. The van der Waals surface area contributed by atoms with E-state index in [4.69, 9.17) is 4.74 Å². The van der Waals surface area contributed by atoms with E-state index in [0.29, 0.717) is 11.6 Å². The van der Waals surface area contributed by atoms with Crippen molar-refractivity contribution >= 4 is 21.9 Å². The molecule has 0 aliphatic carbocycles. The fourth-order valence-corrected chi connectivity index (χ4v) is 2.59. The van der Waals surface area contributed by atoms with Crippen LogP contribution in [0.3, 0.4) is 0 Å². The van der Waals surface area contributed by atoms with Crippen molar-refractivity contribution in [3.05, 3.63) is 58.6 Å². The quantitative estimate of drug-likeness (QED) is 0.639. The Bertz CT molecular complexity index is 875. The summed E-state index contributed by atoms with van der Waals surface area (Å²) in [6, 6.07) is 15.6. The third-order valence-electron chi connectivity index (χ3n) is 3.63. The number of nitrogens with zero attached hydrogens (tertiary/aromatic N) is 3. The van der Waals surface area contributed by atoms with E-state index in [9.17, 15) is 4.79 Å². The van der Waals surface area contributed by atoms with Gasteiger partial charge < -0.3 is 4.74 Å². The highest BCUT2D eigenvalue weighted by atomic mass is 79.9. The van der Waals surface area contributed by atoms with Gasteiger partial charge in [-0.2, -0.15) is 0 Å². The van der Waals surface area contributed by atoms with Crippen LogP contribution in [0.1, 0.15) is 5.56 Å². The molecule has 0 spiro atoms. The number of methoxy groups -OCH3 is 1. The number of benzene rings is 2. The summed E-state index contributed by atoms with van der Waals surface area (Å²) >= 11 is 3.49. The van der Waals surface area contributed by atoms with Crippen LogP contribution in [0.5, 0.6) is 0 Å². The molecule has 1 heterocycles. The van der Waals surface area contributed by atoms with E-state index in [-0.39, 0.29) is 12.5 Å². The van der Waals surface area contributed by atoms with Gasteiger partial charge >= 0.3 is 5.97 Å². The summed E-state index contributed by atoms with van der Waals surface area (Å²) < 4.78 is 7.37. The number of hydrogen-bond acceptors (Lipinski definition) is 4. The predicted molar refractivity (Wildman–Crippen MR) is 95.3 cm³/mol. The molecule has 3 aromatic rings. The van der Waals surface area contributed by atoms with Crippen LogP contribution in [0.15, 0.2) is 53.0 Å². The number of carbonyl (C=O) groups excluding carboxylic acids is 1. The Kier molecular flexibility index (Phi) is 4.76. The van der Waals surface area contributed by atoms with Gasteiger partial charge in [0, 0.05) is 15.6 Å². The lowest BCUT2D eigenvalue weighted by molar-refractivity contribution is -0.141. The van der Waals surface area contributed by atoms with Gasteiger partial charge in [-0.25, -0.2) is 9.67 Å². The molecule has 122 valence electrons. The molecule has 0 radical (unpaired) electrons. The van der Waals surface area contributed by atoms with Crippen molar-refractivity contribution in [3.8, 4) is 22.8 Å². The Morgan fingerprint density at radius 3 is 2.58 bits per heavy atom. The first-order valence-electron chi connectivity index (χ1n) is 7.42. The van der Waals surface area contributed by atoms with E-state index in [0.717, 1.165) is 21.2 Å². The summed E-state index contributed by atoms with van der Waals surface area (Å²) in [4.78, 5) is 16.3. The summed E-state index contributed by atoms with van der Waals surface area (Å²) in [5.74, 6) is 0.848. The smallest absolute Gasteiger partial charge is 0.327 e. The number of hydrogen-bond donors (Lipinski definition) is 0. The zero-order valence-corrected chi connectivity index (χ0v) is 14.9. The molecule has 0 saturated heterocycles. The second-order valence-corrected chi connectivity index (χ2v) is 6.18. The van der Waals surface area contributed by atoms with Crippen LogP contribution < -0.4 is 0 Å². The molecule has 0 aliphatic rings. The number of aryl methyl sites for hydroxylation is 1. The molecule has 0 N–H and O–H groups in total. The number of esters is 1. The van der Waals surface area contributed by atoms with E-state index in [1.807, 2.05) is 55.5 Å². The monoisotopic (exact) mass is 385 g/mol. The topological polar surface area (TPSA) is 57.0 Å². The number of carbonyl (C=O) groups is 1. The summed E-state index contributed by atoms with van der Waals surface area (Å²) in [5, 5.41) is 4.50. The Labute approximate surface area is 148 Å². The van der Waals surface area contributed by atoms with Gasteiger partial charge in [-0.05, 0) is 30.7 Å². The maximum atomic E-state index is 11.7. The fraction of sp³-hybridized carbons (Fsp3) is 0.167. The van der Waals surface area contributed by atoms with Gasteiger partial charge in [0.25, 0.3) is 0 Å². The van der Waals surface area contributed by atoms with E-state index < -0.39 is 0 Å². The zero-order valence-electron chi connectivity index (χ0n) is 13.4. The van der Waals surface area contributed by atoms with Gasteiger partial charge in [-0.1, -0.05) is 46.3 Å². The largest absolute Gasteiger partial charge is 0.468 e. The first-order chi connectivity index (χ1) is 11.6. The highest BCUT2D eigenvalue weighted by Gasteiger charge is 2.16. The minimum absolute atomic E-state index is 0.0171. The number of halogens is 1. The van der Waals surface area contributed by atoms with Crippen LogP contribution in [0, 0.1) is 6.92 Å². The Balaban J connectivity index is 2.08. The van der Waals surface area contributed by atoms with Crippen molar-refractivity contribution in [3.63, 3.8) is 0 Å². The molecule has 1 aromatic heterocycles. The molecule has 6 heteroatoms. The molecule has 0 saturated carbocycles. The average molecular weight is 386 g/mol. The van der Waals surface area contributed by atoms with Gasteiger partial charge in [0.05, 0.1) is 7.11 Å². The predicted octanol–water partition coefficient (Wildman–Crippen LogP) is 3.86. The van der Waals surface area contributed by atoms with Gasteiger partial charge in [-0.3, -0.25) is 4.79 Å². The van der Waals surface area contributed by atoms with Crippen LogP contribution in [-0.4, -0.2) is 27.8 Å². The lowest BCUT2D eigenvalue weighted by Gasteiger charge is -2.04. The summed E-state index contributed by atoms with van der Waals surface area (Å²) in [6.07, 6.45) is 0. The third kappa shape index (κ3) is 3.38. The molecule has 3 rings (SSSR count). The lowest BCUT2D eigenvalue weighted by Crippen LogP contribution is -2.13. The highest BCUT2D eigenvalue weighted by Crippen LogP contribution is 2.25. The average Bonchev–Trinajstić information content (AvgIpc) is 3.01. The summed E-state index contributed by atoms with van der Waals surface area (Å²) in [7, 11) is 1.36. The Morgan fingerprint density at radius 1 is 1.17 bits per heavy atom. The van der Waals surface area contributed by atoms with E-state index in [1.54, 1.807) is 4.68 Å². The van der Waals surface area contributed by atoms with E-state index >= 15 is 0 Å². The van der Waals surface area contributed by atoms with Gasteiger partial charge in [-0.15, -0.1) is 5.10 Å². The van der Waals surface area contributed by atoms with Crippen LogP contribution in [0.2, 0.25) is 0 Å². The van der Waals surface area contributed by atoms with Gasteiger partial charge in [0.15, 0.2) is 11.6 Å². The second-order valence-electron chi connectivity index (χ2n) is 5.32. The van der Waals surface area contributed by atoms with Crippen molar-refractivity contribution < 1.29 is 9.53 Å². The van der Waals surface area contributed by atoms with Crippen molar-refractivity contribution in [1.82, 2.24) is 14.8 Å². The molecule has 0 bridgehead atoms. The molecular formula is C18H16BrN3O2. The SMILES string of the molecule is COC(=O)Cn1nc(-c2ccc(Br)c(C)c2)nc1-c1ccccc1. The lowest BCUT2D eigenvalue weighted by atomic mass is 10.1. The first-order valence-corrected chi connectivity index (χ1v) is 8.21. The van der Waals surface area contributed by atoms with Crippen molar-refractivity contribution in [2.24, 2.45) is 0 Å². The first kappa shape index (κ1) is 16.4. The van der Waals surface area contributed by atoms with Crippen molar-refractivity contribution in [2.45, 2.75) is 13.5 Å². The maximum Gasteiger partial charge on any atom is 0.327 e. The molecule has 24 heavy (non-hydrogen) atoms. The molecule has 0 unspecified atom stereocenters. The van der Waals surface area contributed by atoms with Crippen molar-refractivity contribution in [1.29, 1.82) is 0 Å². The number of ether oxygens (including phenoxy) is 1. The van der Waals surface area contributed by atoms with E-state index in [2.05, 4.69) is 26.0 Å². The van der Waals surface area contributed by atoms with E-state index in [1.165, 1.54) is 7.11 Å². The Hall–Kier alpha value is -2.47. The summed E-state index contributed by atoms with van der Waals surface area (Å²) in [6.45, 7) is 2.03. The second kappa shape index (κ2) is 6.97. The number of rotatable bonds is 4. The summed E-state index contributed by atoms with van der Waals surface area (Å²) in [5.41, 5.74) is 2.89. The maximum absolute atomic E-state index is 11.7. The molecule has 0 fully saturated rings. The van der Waals surface area contributed by atoms with Crippen LogP contribution in [0.25, 0.3) is 22.8 Å². The normalized spacial score (nSPS) is 10.6. The molecule has 5 nitrogen and oxygen atoms in total. The van der Waals surface area contributed by atoms with Crippen LogP contribution >= 0.6 is 15.9 Å². The number of aromatic nitrogens is 3. The van der Waals surface area contributed by atoms with Gasteiger partial charge in [0.1, 0.15) is 6.54 Å². The van der Waals surface area contributed by atoms with Crippen molar-refractivity contribution in [2.75, 3.05) is 7.11 Å². The Morgan fingerprint density at radius 2 is 1.92 bits per heavy atom. The molecule has 0 amide bonds. The minimum Gasteiger partial charge on any atom is -0.468 e. The van der Waals surface area contributed by atoms with Crippen LogP contribution in [0.4, 0.5) is 0 Å². The highest BCUT2D eigenvalue weighted by molar-refractivity contribution is 9.10. The minimum atomic E-state index is -0.365. The zero-order chi connectivity index (χ0) is 17.1. The standard InChI is InChI=1S/C18H16BrN3O2/c1-12-10-14(8-9-15(12)19)17-20-18(13-6-4-3-5-7-13)22(21-17)11-16(23)24-2/h3-10H,11H2,1-2H3. The fourth-order valence-electron chi connectivity index (χ4n) is 2.35. The molecule has 2 aromatic carbocycles.